The van der Waals surface area contributed by atoms with Gasteiger partial charge in [0.1, 0.15) is 11.5 Å². The molecule has 0 aromatic heterocycles. The zero-order valence-electron chi connectivity index (χ0n) is 21.1. The summed E-state index contributed by atoms with van der Waals surface area (Å²) in [6, 6.07) is 13.7. The predicted molar refractivity (Wildman–Crippen MR) is 137 cm³/mol. The normalized spacial score (nSPS) is 11.3. The van der Waals surface area contributed by atoms with Crippen molar-refractivity contribution < 1.29 is 29.3 Å². The minimum Gasteiger partial charge on any atom is -0.494 e. The van der Waals surface area contributed by atoms with Gasteiger partial charge in [0.25, 0.3) is 0 Å². The molecule has 0 fully saturated rings. The van der Waals surface area contributed by atoms with Crippen molar-refractivity contribution in [2.45, 2.75) is 47.0 Å². The van der Waals surface area contributed by atoms with E-state index in [1.807, 2.05) is 32.9 Å². The van der Waals surface area contributed by atoms with E-state index in [9.17, 15) is 19.8 Å². The van der Waals surface area contributed by atoms with Gasteiger partial charge in [0.15, 0.2) is 0 Å². The molecule has 0 radical (unpaired) electrons. The molecule has 35 heavy (non-hydrogen) atoms. The second-order valence-corrected chi connectivity index (χ2v) is 9.36. The molecule has 0 unspecified atom stereocenters. The van der Waals surface area contributed by atoms with E-state index in [1.165, 1.54) is 12.1 Å². The van der Waals surface area contributed by atoms with Crippen molar-refractivity contribution in [3.8, 4) is 33.8 Å². The lowest BCUT2D eigenvalue weighted by atomic mass is 9.79. The molecule has 6 heteroatoms. The van der Waals surface area contributed by atoms with Gasteiger partial charge in [-0.15, -0.1) is 0 Å². The summed E-state index contributed by atoms with van der Waals surface area (Å²) < 4.78 is 11.4. The van der Waals surface area contributed by atoms with Gasteiger partial charge in [-0.2, -0.15) is 0 Å². The molecular formula is C29H32O6. The summed E-state index contributed by atoms with van der Waals surface area (Å²) in [5.41, 5.74) is 4.05. The van der Waals surface area contributed by atoms with Gasteiger partial charge >= 0.3 is 11.9 Å². The van der Waals surface area contributed by atoms with Crippen LogP contribution in [-0.4, -0.2) is 35.4 Å². The van der Waals surface area contributed by atoms with E-state index in [-0.39, 0.29) is 16.5 Å². The maximum Gasteiger partial charge on any atom is 0.336 e. The average Bonchev–Trinajstić information content (AvgIpc) is 2.78. The molecule has 0 atom stereocenters. The molecule has 0 saturated heterocycles. The number of carboxylic acid groups (broad SMARTS) is 2. The highest BCUT2D eigenvalue weighted by Crippen LogP contribution is 2.43. The summed E-state index contributed by atoms with van der Waals surface area (Å²) >= 11 is 0. The average molecular weight is 477 g/mol. The molecule has 0 aliphatic heterocycles. The van der Waals surface area contributed by atoms with E-state index in [0.29, 0.717) is 47.0 Å². The number of carbonyl (C=O) groups is 2. The molecule has 0 aliphatic carbocycles. The van der Waals surface area contributed by atoms with Crippen LogP contribution in [0.15, 0.2) is 48.5 Å². The van der Waals surface area contributed by atoms with Gasteiger partial charge in [0.2, 0.25) is 0 Å². The lowest BCUT2D eigenvalue weighted by Crippen LogP contribution is -2.13. The first-order valence-electron chi connectivity index (χ1n) is 11.6. The number of carboxylic acids is 2. The zero-order chi connectivity index (χ0) is 25.9. The van der Waals surface area contributed by atoms with Gasteiger partial charge in [0.05, 0.1) is 24.3 Å². The van der Waals surface area contributed by atoms with Crippen LogP contribution < -0.4 is 9.47 Å². The largest absolute Gasteiger partial charge is 0.494 e. The Morgan fingerprint density at radius 1 is 0.743 bits per heavy atom. The molecule has 6 nitrogen and oxygen atoms in total. The Bertz CT molecular complexity index is 1270. The van der Waals surface area contributed by atoms with E-state index in [2.05, 4.69) is 20.8 Å². The highest BCUT2D eigenvalue weighted by molar-refractivity contribution is 6.04. The number of ether oxygens (including phenoxy) is 2. The molecule has 0 saturated carbocycles. The maximum absolute atomic E-state index is 12.2. The molecule has 0 amide bonds. The van der Waals surface area contributed by atoms with Crippen molar-refractivity contribution in [1.29, 1.82) is 0 Å². The summed E-state index contributed by atoms with van der Waals surface area (Å²) in [6.07, 6.45) is 0. The Morgan fingerprint density at radius 3 is 1.69 bits per heavy atom. The van der Waals surface area contributed by atoms with Crippen LogP contribution in [0.3, 0.4) is 0 Å². The van der Waals surface area contributed by atoms with E-state index in [0.717, 1.165) is 11.1 Å². The second-order valence-electron chi connectivity index (χ2n) is 9.36. The third-order valence-electron chi connectivity index (χ3n) is 5.83. The van der Waals surface area contributed by atoms with Crippen LogP contribution >= 0.6 is 0 Å². The number of aromatic carboxylic acids is 2. The van der Waals surface area contributed by atoms with Gasteiger partial charge in [-0.3, -0.25) is 0 Å². The Balaban J connectivity index is 2.49. The van der Waals surface area contributed by atoms with Gasteiger partial charge in [-0.25, -0.2) is 9.59 Å². The molecular weight excluding hydrogens is 444 g/mol. The molecule has 3 aromatic rings. The molecule has 3 aromatic carbocycles. The Hall–Kier alpha value is -3.80. The van der Waals surface area contributed by atoms with E-state index in [4.69, 9.17) is 9.47 Å². The van der Waals surface area contributed by atoms with Gasteiger partial charge in [-0.1, -0.05) is 26.8 Å². The van der Waals surface area contributed by atoms with Crippen LogP contribution in [0.1, 0.15) is 66.5 Å². The fourth-order valence-electron chi connectivity index (χ4n) is 4.15. The van der Waals surface area contributed by atoms with Crippen molar-refractivity contribution in [2.24, 2.45) is 0 Å². The third kappa shape index (κ3) is 5.48. The van der Waals surface area contributed by atoms with Crippen LogP contribution in [0, 0.1) is 6.92 Å². The van der Waals surface area contributed by atoms with Crippen molar-refractivity contribution >= 4 is 11.9 Å². The SMILES string of the molecule is CCOc1ccc(C(=O)O)c(-c2cc(C(C)(C)C)cc(C)c2-c2cc(OCC)ccc2C(=O)O)c1. The first-order valence-corrected chi connectivity index (χ1v) is 11.6. The molecule has 2 N–H and O–H groups in total. The van der Waals surface area contributed by atoms with Gasteiger partial charge < -0.3 is 19.7 Å². The summed E-state index contributed by atoms with van der Waals surface area (Å²) in [5.74, 6) is -1.07. The number of aryl methyl sites for hydroxylation is 1. The predicted octanol–water partition coefficient (Wildman–Crippen LogP) is 6.82. The highest BCUT2D eigenvalue weighted by Gasteiger charge is 2.25. The first-order chi connectivity index (χ1) is 16.5. The lowest BCUT2D eigenvalue weighted by molar-refractivity contribution is 0.0686. The van der Waals surface area contributed by atoms with E-state index < -0.39 is 11.9 Å². The Morgan fingerprint density at radius 2 is 1.23 bits per heavy atom. The molecule has 0 aliphatic rings. The third-order valence-corrected chi connectivity index (χ3v) is 5.83. The fraction of sp³-hybridized carbons (Fsp3) is 0.310. The number of benzene rings is 3. The number of rotatable bonds is 8. The quantitative estimate of drug-likeness (QED) is 0.370. The van der Waals surface area contributed by atoms with Gasteiger partial charge in [0, 0.05) is 11.1 Å². The van der Waals surface area contributed by atoms with Crippen LogP contribution in [0.4, 0.5) is 0 Å². The van der Waals surface area contributed by atoms with Crippen LogP contribution in [0.2, 0.25) is 0 Å². The first kappa shape index (κ1) is 25.8. The second kappa shape index (κ2) is 10.2. The molecule has 3 rings (SSSR count). The monoisotopic (exact) mass is 476 g/mol. The zero-order valence-corrected chi connectivity index (χ0v) is 21.1. The summed E-state index contributed by atoms with van der Waals surface area (Å²) in [7, 11) is 0. The van der Waals surface area contributed by atoms with Gasteiger partial charge in [-0.05, 0) is 90.9 Å². The number of hydrogen-bond donors (Lipinski definition) is 2. The minimum atomic E-state index is -1.07. The van der Waals surface area contributed by atoms with Crippen LogP contribution in [0.5, 0.6) is 11.5 Å². The van der Waals surface area contributed by atoms with Crippen molar-refractivity contribution in [3.63, 3.8) is 0 Å². The standard InChI is InChI=1S/C29H32O6/c1-7-34-19-9-11-21(27(30)31)23(15-19)24-14-18(29(4,5)6)13-17(3)26(24)25-16-20(35-8-2)10-12-22(25)28(32)33/h9-16H,7-8H2,1-6H3,(H,30,31)(H,32,33). The summed E-state index contributed by atoms with van der Waals surface area (Å²) in [6.45, 7) is 12.7. The highest BCUT2D eigenvalue weighted by atomic mass is 16.5. The topological polar surface area (TPSA) is 93.1 Å². The molecule has 0 heterocycles. The van der Waals surface area contributed by atoms with Crippen molar-refractivity contribution in [1.82, 2.24) is 0 Å². The Kier molecular flexibility index (Phi) is 7.54. The summed E-state index contributed by atoms with van der Waals surface area (Å²) in [5, 5.41) is 20.0. The Labute approximate surface area is 206 Å². The number of hydrogen-bond acceptors (Lipinski definition) is 4. The van der Waals surface area contributed by atoms with Crippen LogP contribution in [0.25, 0.3) is 22.3 Å². The molecule has 0 spiro atoms. The van der Waals surface area contributed by atoms with Crippen LogP contribution in [-0.2, 0) is 5.41 Å². The van der Waals surface area contributed by atoms with Crippen molar-refractivity contribution in [2.75, 3.05) is 13.2 Å². The smallest absolute Gasteiger partial charge is 0.336 e. The molecule has 0 bridgehead atoms. The van der Waals surface area contributed by atoms with Crippen molar-refractivity contribution in [3.05, 3.63) is 70.8 Å². The van der Waals surface area contributed by atoms with E-state index >= 15 is 0 Å². The lowest BCUT2D eigenvalue weighted by Gasteiger charge is -2.25. The molecule has 184 valence electrons. The fourth-order valence-corrected chi connectivity index (χ4v) is 4.15. The maximum atomic E-state index is 12.2. The summed E-state index contributed by atoms with van der Waals surface area (Å²) in [4.78, 5) is 24.4. The van der Waals surface area contributed by atoms with E-state index in [1.54, 1.807) is 24.3 Å². The minimum absolute atomic E-state index is 0.109.